The van der Waals surface area contributed by atoms with E-state index in [1.807, 2.05) is 6.07 Å². The molecule has 0 fully saturated rings. The predicted octanol–water partition coefficient (Wildman–Crippen LogP) is 3.00. The Morgan fingerprint density at radius 3 is 2.47 bits per heavy atom. The van der Waals surface area contributed by atoms with Gasteiger partial charge in [-0.1, -0.05) is 13.8 Å². The second kappa shape index (κ2) is 3.37. The average Bonchev–Trinajstić information content (AvgIpc) is 2.62. The van der Waals surface area contributed by atoms with Crippen LogP contribution in [0.4, 0.5) is 0 Å². The van der Waals surface area contributed by atoms with Gasteiger partial charge >= 0.3 is 0 Å². The fourth-order valence-electron chi connectivity index (χ4n) is 2.41. The van der Waals surface area contributed by atoms with Gasteiger partial charge < -0.3 is 4.42 Å². The minimum absolute atomic E-state index is 0.535. The molecule has 0 saturated heterocycles. The van der Waals surface area contributed by atoms with Crippen LogP contribution >= 0.6 is 0 Å². The Hall–Kier alpha value is -1.31. The minimum Gasteiger partial charge on any atom is -0.457 e. The first-order valence-corrected chi connectivity index (χ1v) is 5.40. The van der Waals surface area contributed by atoms with E-state index in [4.69, 9.17) is 4.42 Å². The normalized spacial score (nSPS) is 11.6. The quantitative estimate of drug-likeness (QED) is 0.653. The molecular formula is C13H18NO+. The van der Waals surface area contributed by atoms with Crippen molar-refractivity contribution in [1.82, 2.24) is 0 Å². The van der Waals surface area contributed by atoms with Crippen molar-refractivity contribution in [1.29, 1.82) is 0 Å². The molecule has 0 saturated carbocycles. The van der Waals surface area contributed by atoms with E-state index in [1.165, 1.54) is 22.3 Å². The summed E-state index contributed by atoms with van der Waals surface area (Å²) in [6.45, 7) is 8.76. The van der Waals surface area contributed by atoms with Crippen LogP contribution in [-0.2, 0) is 7.05 Å². The third-order valence-electron chi connectivity index (χ3n) is 3.20. The van der Waals surface area contributed by atoms with E-state index >= 15 is 0 Å². The highest BCUT2D eigenvalue weighted by Crippen LogP contribution is 2.25. The Labute approximate surface area is 90.5 Å². The molecule has 80 valence electrons. The summed E-state index contributed by atoms with van der Waals surface area (Å²) in [7, 11) is 2.11. The summed E-state index contributed by atoms with van der Waals surface area (Å²) in [4.78, 5) is 0. The average molecular weight is 204 g/mol. The lowest BCUT2D eigenvalue weighted by Crippen LogP contribution is -2.36. The first-order valence-electron chi connectivity index (χ1n) is 5.40. The van der Waals surface area contributed by atoms with Crippen molar-refractivity contribution < 1.29 is 8.98 Å². The van der Waals surface area contributed by atoms with Crippen LogP contribution in [0.3, 0.4) is 0 Å². The van der Waals surface area contributed by atoms with Gasteiger partial charge in [0.15, 0.2) is 5.69 Å². The number of aryl methyl sites for hydroxylation is 2. The van der Waals surface area contributed by atoms with Gasteiger partial charge in [-0.2, -0.15) is 4.57 Å². The van der Waals surface area contributed by atoms with Crippen LogP contribution in [0.2, 0.25) is 0 Å². The van der Waals surface area contributed by atoms with Gasteiger partial charge in [0.05, 0.1) is 6.26 Å². The van der Waals surface area contributed by atoms with Gasteiger partial charge in [0, 0.05) is 23.1 Å². The molecule has 0 spiro atoms. The monoisotopic (exact) mass is 204 g/mol. The number of furan rings is 1. The van der Waals surface area contributed by atoms with Gasteiger partial charge in [0.1, 0.15) is 7.05 Å². The standard InChI is InChI=1S/C13H18NO/c1-8(2)12-9(3)10(4)13-11(14(12)5)6-7-15-13/h6-8H,1-5H3/q+1. The lowest BCUT2D eigenvalue weighted by atomic mass is 9.99. The fourth-order valence-corrected chi connectivity index (χ4v) is 2.41. The third-order valence-corrected chi connectivity index (χ3v) is 3.20. The van der Waals surface area contributed by atoms with E-state index < -0.39 is 0 Å². The molecule has 0 aliphatic rings. The Kier molecular flexibility index (Phi) is 2.29. The summed E-state index contributed by atoms with van der Waals surface area (Å²) in [5.41, 5.74) is 6.19. The second-order valence-electron chi connectivity index (χ2n) is 4.48. The highest BCUT2D eigenvalue weighted by Gasteiger charge is 2.23. The molecule has 0 unspecified atom stereocenters. The molecule has 0 amide bonds. The van der Waals surface area contributed by atoms with Crippen molar-refractivity contribution in [2.75, 3.05) is 0 Å². The van der Waals surface area contributed by atoms with E-state index in [0.29, 0.717) is 5.92 Å². The van der Waals surface area contributed by atoms with Crippen LogP contribution < -0.4 is 4.57 Å². The molecule has 2 heterocycles. The lowest BCUT2D eigenvalue weighted by Gasteiger charge is -2.10. The van der Waals surface area contributed by atoms with Gasteiger partial charge in [-0.15, -0.1) is 0 Å². The summed E-state index contributed by atoms with van der Waals surface area (Å²) < 4.78 is 7.77. The summed E-state index contributed by atoms with van der Waals surface area (Å²) in [5.74, 6) is 0.535. The number of pyridine rings is 1. The van der Waals surface area contributed by atoms with Crippen LogP contribution in [0.1, 0.15) is 36.6 Å². The van der Waals surface area contributed by atoms with E-state index in [2.05, 4.69) is 39.3 Å². The number of rotatable bonds is 1. The van der Waals surface area contributed by atoms with Crippen molar-refractivity contribution in [3.63, 3.8) is 0 Å². The fraction of sp³-hybridized carbons (Fsp3) is 0.462. The smallest absolute Gasteiger partial charge is 0.251 e. The second-order valence-corrected chi connectivity index (χ2v) is 4.48. The van der Waals surface area contributed by atoms with E-state index in [0.717, 1.165) is 5.58 Å². The van der Waals surface area contributed by atoms with Crippen LogP contribution in [0.15, 0.2) is 16.7 Å². The Balaban J connectivity index is 2.92. The molecule has 2 heteroatoms. The van der Waals surface area contributed by atoms with Crippen molar-refractivity contribution >= 4 is 11.1 Å². The van der Waals surface area contributed by atoms with Crippen LogP contribution in [0.25, 0.3) is 11.1 Å². The molecule has 0 aliphatic carbocycles. The van der Waals surface area contributed by atoms with Crippen LogP contribution in [0, 0.1) is 13.8 Å². The van der Waals surface area contributed by atoms with Crippen molar-refractivity contribution in [3.05, 3.63) is 29.2 Å². The van der Waals surface area contributed by atoms with Crippen molar-refractivity contribution in [2.45, 2.75) is 33.6 Å². The Bertz CT molecular complexity index is 509. The molecule has 2 nitrogen and oxygen atoms in total. The highest BCUT2D eigenvalue weighted by atomic mass is 16.3. The molecule has 2 aromatic rings. The van der Waals surface area contributed by atoms with Gasteiger partial charge in [-0.05, 0) is 13.8 Å². The third kappa shape index (κ3) is 1.36. The maximum Gasteiger partial charge on any atom is 0.251 e. The number of hydrogen-bond acceptors (Lipinski definition) is 1. The van der Waals surface area contributed by atoms with Crippen molar-refractivity contribution in [3.8, 4) is 0 Å². The van der Waals surface area contributed by atoms with E-state index in [1.54, 1.807) is 6.26 Å². The molecule has 0 N–H and O–H groups in total. The first-order chi connectivity index (χ1) is 7.04. The van der Waals surface area contributed by atoms with Gasteiger partial charge in [0.25, 0.3) is 5.52 Å². The molecular weight excluding hydrogens is 186 g/mol. The van der Waals surface area contributed by atoms with E-state index in [9.17, 15) is 0 Å². The highest BCUT2D eigenvalue weighted by molar-refractivity contribution is 5.74. The molecule has 15 heavy (non-hydrogen) atoms. The molecule has 0 bridgehead atoms. The molecule has 0 aliphatic heterocycles. The molecule has 0 atom stereocenters. The van der Waals surface area contributed by atoms with Gasteiger partial charge in [-0.3, -0.25) is 0 Å². The number of aromatic nitrogens is 1. The minimum atomic E-state index is 0.535. The Morgan fingerprint density at radius 1 is 1.20 bits per heavy atom. The van der Waals surface area contributed by atoms with Gasteiger partial charge in [-0.25, -0.2) is 0 Å². The van der Waals surface area contributed by atoms with Crippen LogP contribution in [-0.4, -0.2) is 0 Å². The number of hydrogen-bond donors (Lipinski definition) is 0. The number of nitrogens with zero attached hydrogens (tertiary/aromatic N) is 1. The first kappa shape index (κ1) is 10.2. The summed E-state index contributed by atoms with van der Waals surface area (Å²) >= 11 is 0. The SMILES string of the molecule is Cc1c(C)c2occc2[n+](C)c1C(C)C. The topological polar surface area (TPSA) is 17.0 Å². The maximum absolute atomic E-state index is 5.52. The number of fused-ring (bicyclic) bond motifs is 1. The molecule has 2 aromatic heterocycles. The molecule has 2 rings (SSSR count). The van der Waals surface area contributed by atoms with E-state index in [-0.39, 0.29) is 0 Å². The molecule has 0 radical (unpaired) electrons. The molecule has 0 aromatic carbocycles. The van der Waals surface area contributed by atoms with Crippen LogP contribution in [0.5, 0.6) is 0 Å². The predicted molar refractivity (Wildman–Crippen MR) is 61.0 cm³/mol. The van der Waals surface area contributed by atoms with Crippen molar-refractivity contribution in [2.24, 2.45) is 7.05 Å². The summed E-state index contributed by atoms with van der Waals surface area (Å²) in [6, 6.07) is 2.04. The maximum atomic E-state index is 5.52. The van der Waals surface area contributed by atoms with Gasteiger partial charge in [0.2, 0.25) is 5.58 Å². The zero-order valence-electron chi connectivity index (χ0n) is 10.1. The summed E-state index contributed by atoms with van der Waals surface area (Å²) in [6.07, 6.45) is 1.77. The zero-order chi connectivity index (χ0) is 11.2. The summed E-state index contributed by atoms with van der Waals surface area (Å²) in [5, 5.41) is 0. The largest absolute Gasteiger partial charge is 0.457 e. The zero-order valence-corrected chi connectivity index (χ0v) is 10.1. The Morgan fingerprint density at radius 2 is 1.87 bits per heavy atom. The lowest BCUT2D eigenvalue weighted by molar-refractivity contribution is -0.654.